The third-order valence-corrected chi connectivity index (χ3v) is 8.56. The highest BCUT2D eigenvalue weighted by Crippen LogP contribution is 2.65. The van der Waals surface area contributed by atoms with Crippen molar-refractivity contribution < 1.29 is 36.3 Å². The van der Waals surface area contributed by atoms with Crippen molar-refractivity contribution in [1.29, 1.82) is 0 Å². The minimum Gasteiger partial charge on any atom is -1.00 e. The van der Waals surface area contributed by atoms with Crippen molar-refractivity contribution in [3.8, 4) is 5.75 Å². The summed E-state index contributed by atoms with van der Waals surface area (Å²) in [6, 6.07) is 3.77. The second kappa shape index (κ2) is 5.74. The fraction of sp³-hybridized carbons (Fsp3) is 0.636. The summed E-state index contributed by atoms with van der Waals surface area (Å²) in [7, 11) is 2.29. The maximum atomic E-state index is 12.9. The molecular formula is C22H27ClN2O4. The summed E-state index contributed by atoms with van der Waals surface area (Å²) < 4.78 is 7.06. The van der Waals surface area contributed by atoms with Gasteiger partial charge in [0.1, 0.15) is 17.4 Å². The van der Waals surface area contributed by atoms with Gasteiger partial charge >= 0.3 is 0 Å². The van der Waals surface area contributed by atoms with Crippen LogP contribution < -0.4 is 22.9 Å². The number of likely N-dealkylation sites (N-methyl/N-ethyl adjacent to an activating group) is 1. The van der Waals surface area contributed by atoms with Gasteiger partial charge in [0.25, 0.3) is 5.91 Å². The lowest BCUT2D eigenvalue weighted by Gasteiger charge is -2.64. The lowest BCUT2D eigenvalue weighted by Crippen LogP contribution is -3.00. The van der Waals surface area contributed by atoms with Crippen LogP contribution >= 0.6 is 0 Å². The fourth-order valence-corrected chi connectivity index (χ4v) is 7.15. The number of hydrogen-bond acceptors (Lipinski definition) is 4. The van der Waals surface area contributed by atoms with Crippen LogP contribution in [0.15, 0.2) is 12.1 Å². The van der Waals surface area contributed by atoms with E-state index in [1.165, 1.54) is 12.8 Å². The van der Waals surface area contributed by atoms with Crippen molar-refractivity contribution in [2.75, 3.05) is 20.1 Å². The van der Waals surface area contributed by atoms with Crippen molar-refractivity contribution in [3.63, 3.8) is 0 Å². The molecule has 3 aliphatic carbocycles. The molecule has 0 aromatic heterocycles. The minimum absolute atomic E-state index is 0. The zero-order valence-electron chi connectivity index (χ0n) is 16.6. The predicted octanol–water partition coefficient (Wildman–Crippen LogP) is -1.93. The minimum atomic E-state index is -0.984. The summed E-state index contributed by atoms with van der Waals surface area (Å²) in [6.45, 7) is 2.03. The second-order valence-corrected chi connectivity index (χ2v) is 10.00. The number of aliphatic hydroxyl groups is 1. The molecule has 2 saturated carbocycles. The zero-order chi connectivity index (χ0) is 19.5. The number of ether oxygens (including phenoxy) is 1. The molecule has 6 nitrogen and oxygen atoms in total. The average Bonchev–Trinajstić information content (AvgIpc) is 3.37. The Bertz CT molecular complexity index is 947. The molecule has 6 rings (SSSR count). The first-order valence-corrected chi connectivity index (χ1v) is 10.5. The number of likely N-dealkylation sites (tertiary alicyclic amines) is 1. The van der Waals surface area contributed by atoms with Gasteiger partial charge in [-0.25, -0.2) is 0 Å². The molecule has 1 spiro atoms. The van der Waals surface area contributed by atoms with Crippen LogP contribution in [0.1, 0.15) is 53.6 Å². The van der Waals surface area contributed by atoms with E-state index in [1.807, 2.05) is 6.07 Å². The van der Waals surface area contributed by atoms with E-state index in [0.29, 0.717) is 30.6 Å². The number of benzene rings is 1. The van der Waals surface area contributed by atoms with E-state index in [4.69, 9.17) is 10.5 Å². The molecule has 1 saturated heterocycles. The van der Waals surface area contributed by atoms with Crippen LogP contribution in [0.5, 0.6) is 5.75 Å². The third kappa shape index (κ3) is 2.15. The number of quaternary nitrogens is 1. The van der Waals surface area contributed by atoms with Crippen molar-refractivity contribution in [2.45, 2.75) is 61.7 Å². The highest BCUT2D eigenvalue weighted by atomic mass is 35.5. The van der Waals surface area contributed by atoms with Crippen molar-refractivity contribution in [2.24, 2.45) is 11.7 Å². The number of hydrogen-bond donors (Lipinski definition) is 2. The van der Waals surface area contributed by atoms with Gasteiger partial charge in [-0.05, 0) is 30.9 Å². The molecule has 2 heterocycles. The van der Waals surface area contributed by atoms with Gasteiger partial charge in [-0.3, -0.25) is 9.59 Å². The molecule has 1 amide bonds. The molecule has 3 N–H and O–H groups in total. The molecule has 2 bridgehead atoms. The number of primary amides is 1. The summed E-state index contributed by atoms with van der Waals surface area (Å²) >= 11 is 0. The molecule has 29 heavy (non-hydrogen) atoms. The van der Waals surface area contributed by atoms with Crippen LogP contribution in [0.4, 0.5) is 0 Å². The average molecular weight is 419 g/mol. The second-order valence-electron chi connectivity index (χ2n) is 10.00. The molecule has 156 valence electrons. The maximum Gasteiger partial charge on any atom is 0.252 e. The van der Waals surface area contributed by atoms with E-state index in [9.17, 15) is 14.7 Å². The number of amides is 1. The molecule has 7 heteroatoms. The molecule has 1 aromatic rings. The van der Waals surface area contributed by atoms with Gasteiger partial charge in [0.15, 0.2) is 11.9 Å². The van der Waals surface area contributed by atoms with Crippen LogP contribution in [0.25, 0.3) is 0 Å². The number of carbonyl (C=O) groups is 2. The summed E-state index contributed by atoms with van der Waals surface area (Å²) in [5, 5.41) is 12.3. The summed E-state index contributed by atoms with van der Waals surface area (Å²) in [4.78, 5) is 25.0. The number of nitrogens with zero attached hydrogens (tertiary/aromatic N) is 1. The smallest absolute Gasteiger partial charge is 0.252 e. The number of ketones is 1. The fourth-order valence-electron chi connectivity index (χ4n) is 7.15. The first-order valence-electron chi connectivity index (χ1n) is 10.5. The quantitative estimate of drug-likeness (QED) is 0.559. The highest BCUT2D eigenvalue weighted by Gasteiger charge is 2.76. The molecule has 1 aromatic carbocycles. The normalized spacial score (nSPS) is 41.2. The Morgan fingerprint density at radius 3 is 2.79 bits per heavy atom. The number of piperidine rings is 1. The lowest BCUT2D eigenvalue weighted by atomic mass is 9.48. The van der Waals surface area contributed by atoms with Crippen LogP contribution in [-0.2, 0) is 16.6 Å². The van der Waals surface area contributed by atoms with Gasteiger partial charge < -0.3 is 32.5 Å². The SMILES string of the molecule is C[N@+]1(CC2CC2)CC[C@]23c4c5ccc(C(N)=O)c4O[C@H]2C(=O)CC[C@@]3(O)[C@H]1C5.[Cl-]. The highest BCUT2D eigenvalue weighted by molar-refractivity contribution is 5.98. The van der Waals surface area contributed by atoms with Gasteiger partial charge in [-0.15, -0.1) is 0 Å². The van der Waals surface area contributed by atoms with E-state index in [-0.39, 0.29) is 24.2 Å². The monoisotopic (exact) mass is 418 g/mol. The van der Waals surface area contributed by atoms with Gasteiger partial charge in [-0.2, -0.15) is 0 Å². The largest absolute Gasteiger partial charge is 1.00 e. The lowest BCUT2D eigenvalue weighted by molar-refractivity contribution is -0.950. The Hall–Kier alpha value is -1.63. The van der Waals surface area contributed by atoms with Crippen LogP contribution in [0, 0.1) is 5.92 Å². The first kappa shape index (κ1) is 19.3. The Labute approximate surface area is 176 Å². The van der Waals surface area contributed by atoms with Crippen molar-refractivity contribution in [3.05, 3.63) is 28.8 Å². The van der Waals surface area contributed by atoms with E-state index >= 15 is 0 Å². The molecule has 0 unspecified atom stereocenters. The predicted molar refractivity (Wildman–Crippen MR) is 101 cm³/mol. The van der Waals surface area contributed by atoms with Gasteiger partial charge in [0.05, 0.1) is 31.1 Å². The Balaban J connectivity index is 0.00000181. The van der Waals surface area contributed by atoms with E-state index in [2.05, 4.69) is 7.05 Å². The van der Waals surface area contributed by atoms with Crippen molar-refractivity contribution in [1.82, 2.24) is 0 Å². The number of Topliss-reactive ketones (excluding diaryl/α,β-unsaturated/α-hetero) is 1. The summed E-state index contributed by atoms with van der Waals surface area (Å²) in [5.41, 5.74) is 6.24. The molecule has 2 aliphatic heterocycles. The standard InChI is InChI=1S/C22H26N2O4.ClH/c1-24(11-12-2-3-12)9-8-21-17-13-4-5-14(20(23)26)18(17)28-19(21)15(25)6-7-22(21,27)16(24)10-13;/h4-5,12,16,19,27H,2-3,6-11H2,1H3,(H-,23,26);1H/t16-,19+,21+,22-,24-;/m1./s1. The molecule has 5 atom stereocenters. The zero-order valence-corrected chi connectivity index (χ0v) is 17.4. The van der Waals surface area contributed by atoms with Crippen LogP contribution in [0.3, 0.4) is 0 Å². The van der Waals surface area contributed by atoms with Crippen LogP contribution in [0.2, 0.25) is 0 Å². The number of halogens is 1. The Morgan fingerprint density at radius 2 is 2.10 bits per heavy atom. The summed E-state index contributed by atoms with van der Waals surface area (Å²) in [5.74, 6) is 0.718. The Morgan fingerprint density at radius 1 is 1.34 bits per heavy atom. The van der Waals surface area contributed by atoms with Crippen LogP contribution in [-0.4, -0.2) is 59.2 Å². The maximum absolute atomic E-state index is 12.9. The van der Waals surface area contributed by atoms with Gasteiger partial charge in [0, 0.05) is 30.7 Å². The molecule has 3 fully saturated rings. The van der Waals surface area contributed by atoms with E-state index in [1.54, 1.807) is 6.07 Å². The molecule has 5 aliphatic rings. The number of carbonyl (C=O) groups excluding carboxylic acids is 2. The molecular weight excluding hydrogens is 392 g/mol. The Kier molecular flexibility index (Phi) is 3.83. The third-order valence-electron chi connectivity index (χ3n) is 8.56. The van der Waals surface area contributed by atoms with E-state index < -0.39 is 23.0 Å². The van der Waals surface area contributed by atoms with Gasteiger partial charge in [-0.1, -0.05) is 6.07 Å². The molecule has 0 radical (unpaired) electrons. The topological polar surface area (TPSA) is 89.6 Å². The summed E-state index contributed by atoms with van der Waals surface area (Å²) in [6.07, 6.45) is 4.16. The van der Waals surface area contributed by atoms with E-state index in [0.717, 1.165) is 41.0 Å². The van der Waals surface area contributed by atoms with Gasteiger partial charge in [0.2, 0.25) is 0 Å². The number of rotatable bonds is 3. The first-order chi connectivity index (χ1) is 13.3. The van der Waals surface area contributed by atoms with Crippen molar-refractivity contribution >= 4 is 11.7 Å². The number of nitrogens with two attached hydrogens (primary N) is 1.